The van der Waals surface area contributed by atoms with Gasteiger partial charge in [-0.25, -0.2) is 13.4 Å². The zero-order valence-corrected chi connectivity index (χ0v) is 13.8. The molecule has 1 aromatic heterocycles. The second-order valence-corrected chi connectivity index (χ2v) is 7.50. The fourth-order valence-electron chi connectivity index (χ4n) is 2.96. The SMILES string of the molecule is CCCn1cc(S(=O)(=O)N2CCCCC2CCN)nc1C. The third kappa shape index (κ3) is 3.46. The number of aryl methyl sites for hydroxylation is 2. The standard InChI is InChI=1S/C14H26N4O2S/c1-3-9-17-11-14(16-12(17)2)21(19,20)18-10-5-4-6-13(18)7-8-15/h11,13H,3-10,15H2,1-2H3. The summed E-state index contributed by atoms with van der Waals surface area (Å²) in [4.78, 5) is 4.27. The van der Waals surface area contributed by atoms with Crippen LogP contribution in [0, 0.1) is 6.92 Å². The number of imidazole rings is 1. The maximum absolute atomic E-state index is 12.9. The molecular formula is C14H26N4O2S. The minimum Gasteiger partial charge on any atom is -0.334 e. The maximum atomic E-state index is 12.9. The van der Waals surface area contributed by atoms with Crippen molar-refractivity contribution >= 4 is 10.0 Å². The van der Waals surface area contributed by atoms with Crippen molar-refractivity contribution in [2.45, 2.75) is 63.6 Å². The first-order valence-corrected chi connectivity index (χ1v) is 9.20. The van der Waals surface area contributed by atoms with Gasteiger partial charge in [-0.05, 0) is 39.2 Å². The van der Waals surface area contributed by atoms with E-state index in [4.69, 9.17) is 5.73 Å². The van der Waals surface area contributed by atoms with Crippen LogP contribution in [0.15, 0.2) is 11.2 Å². The first kappa shape index (κ1) is 16.5. The van der Waals surface area contributed by atoms with Crippen LogP contribution in [0.1, 0.15) is 44.9 Å². The van der Waals surface area contributed by atoms with Crippen molar-refractivity contribution in [3.8, 4) is 0 Å². The highest BCUT2D eigenvalue weighted by atomic mass is 32.2. The summed E-state index contributed by atoms with van der Waals surface area (Å²) >= 11 is 0. The van der Waals surface area contributed by atoms with Crippen LogP contribution in [-0.2, 0) is 16.6 Å². The van der Waals surface area contributed by atoms with Gasteiger partial charge in [-0.1, -0.05) is 13.3 Å². The van der Waals surface area contributed by atoms with Gasteiger partial charge >= 0.3 is 0 Å². The molecule has 1 fully saturated rings. The molecule has 1 aliphatic rings. The smallest absolute Gasteiger partial charge is 0.262 e. The highest BCUT2D eigenvalue weighted by Gasteiger charge is 2.34. The number of aromatic nitrogens is 2. The molecule has 0 radical (unpaired) electrons. The van der Waals surface area contributed by atoms with Gasteiger partial charge in [-0.2, -0.15) is 4.31 Å². The Morgan fingerprint density at radius 3 is 2.86 bits per heavy atom. The second-order valence-electron chi connectivity index (χ2n) is 5.66. The lowest BCUT2D eigenvalue weighted by atomic mass is 10.0. The van der Waals surface area contributed by atoms with E-state index in [2.05, 4.69) is 11.9 Å². The number of piperidine rings is 1. The zero-order valence-electron chi connectivity index (χ0n) is 13.0. The van der Waals surface area contributed by atoms with Crippen molar-refractivity contribution < 1.29 is 8.42 Å². The van der Waals surface area contributed by atoms with E-state index in [1.807, 2.05) is 11.5 Å². The zero-order chi connectivity index (χ0) is 15.5. The van der Waals surface area contributed by atoms with Crippen molar-refractivity contribution in [3.63, 3.8) is 0 Å². The summed E-state index contributed by atoms with van der Waals surface area (Å²) in [6, 6.07) is 0.0189. The van der Waals surface area contributed by atoms with Crippen LogP contribution in [0.4, 0.5) is 0 Å². The molecule has 0 aromatic carbocycles. The molecule has 1 atom stereocenters. The second kappa shape index (κ2) is 6.89. The molecule has 2 N–H and O–H groups in total. The van der Waals surface area contributed by atoms with E-state index in [1.165, 1.54) is 0 Å². The van der Waals surface area contributed by atoms with Gasteiger partial charge < -0.3 is 10.3 Å². The van der Waals surface area contributed by atoms with E-state index >= 15 is 0 Å². The molecule has 7 heteroatoms. The lowest BCUT2D eigenvalue weighted by Gasteiger charge is -2.33. The van der Waals surface area contributed by atoms with Crippen LogP contribution in [0.3, 0.4) is 0 Å². The Morgan fingerprint density at radius 1 is 1.43 bits per heavy atom. The monoisotopic (exact) mass is 314 g/mol. The molecule has 0 spiro atoms. The van der Waals surface area contributed by atoms with Crippen LogP contribution < -0.4 is 5.73 Å². The normalized spacial score (nSPS) is 20.8. The van der Waals surface area contributed by atoms with Crippen molar-refractivity contribution in [1.82, 2.24) is 13.9 Å². The Hall–Kier alpha value is -0.920. The molecule has 1 aromatic rings. The van der Waals surface area contributed by atoms with E-state index in [1.54, 1.807) is 10.5 Å². The fourth-order valence-corrected chi connectivity index (χ4v) is 4.68. The average molecular weight is 314 g/mol. The topological polar surface area (TPSA) is 81.2 Å². The van der Waals surface area contributed by atoms with Gasteiger partial charge in [0, 0.05) is 25.3 Å². The Kier molecular flexibility index (Phi) is 5.40. The molecule has 0 aliphatic carbocycles. The molecule has 0 bridgehead atoms. The summed E-state index contributed by atoms with van der Waals surface area (Å²) in [5, 5.41) is 0.178. The number of nitrogens with two attached hydrogens (primary N) is 1. The summed E-state index contributed by atoms with van der Waals surface area (Å²) in [5.74, 6) is 0.753. The van der Waals surface area contributed by atoms with Crippen molar-refractivity contribution in [3.05, 3.63) is 12.0 Å². The molecule has 1 saturated heterocycles. The molecule has 0 saturated carbocycles. The predicted octanol–water partition coefficient (Wildman–Crippen LogP) is 1.49. The van der Waals surface area contributed by atoms with Crippen LogP contribution in [0.2, 0.25) is 0 Å². The molecule has 2 heterocycles. The van der Waals surface area contributed by atoms with Crippen LogP contribution >= 0.6 is 0 Å². The molecule has 1 unspecified atom stereocenters. The fraction of sp³-hybridized carbons (Fsp3) is 0.786. The van der Waals surface area contributed by atoms with Crippen LogP contribution in [0.25, 0.3) is 0 Å². The molecule has 6 nitrogen and oxygen atoms in total. The average Bonchev–Trinajstić information content (AvgIpc) is 2.82. The van der Waals surface area contributed by atoms with Gasteiger partial charge in [0.2, 0.25) is 0 Å². The van der Waals surface area contributed by atoms with E-state index in [0.717, 1.165) is 38.1 Å². The lowest BCUT2D eigenvalue weighted by Crippen LogP contribution is -2.44. The highest BCUT2D eigenvalue weighted by Crippen LogP contribution is 2.26. The van der Waals surface area contributed by atoms with Gasteiger partial charge in [0.15, 0.2) is 5.03 Å². The summed E-state index contributed by atoms with van der Waals surface area (Å²) in [6.07, 6.45) is 6.21. The molecule has 21 heavy (non-hydrogen) atoms. The number of nitrogens with zero attached hydrogens (tertiary/aromatic N) is 3. The summed E-state index contributed by atoms with van der Waals surface area (Å²) in [5.41, 5.74) is 5.63. The highest BCUT2D eigenvalue weighted by molar-refractivity contribution is 7.89. The third-order valence-electron chi connectivity index (χ3n) is 4.06. The molecular weight excluding hydrogens is 288 g/mol. The van der Waals surface area contributed by atoms with Crippen LogP contribution in [0.5, 0.6) is 0 Å². The van der Waals surface area contributed by atoms with Crippen LogP contribution in [-0.4, -0.2) is 41.4 Å². The molecule has 1 aliphatic heterocycles. The van der Waals surface area contributed by atoms with Crippen molar-refractivity contribution in [2.24, 2.45) is 5.73 Å². The first-order chi connectivity index (χ1) is 10.0. The minimum atomic E-state index is -3.51. The van der Waals surface area contributed by atoms with E-state index in [-0.39, 0.29) is 11.1 Å². The number of hydrogen-bond donors (Lipinski definition) is 1. The largest absolute Gasteiger partial charge is 0.334 e. The summed E-state index contributed by atoms with van der Waals surface area (Å²) in [7, 11) is -3.51. The lowest BCUT2D eigenvalue weighted by molar-refractivity contribution is 0.242. The molecule has 0 amide bonds. The van der Waals surface area contributed by atoms with Gasteiger partial charge in [0.25, 0.3) is 10.0 Å². The van der Waals surface area contributed by atoms with E-state index in [0.29, 0.717) is 19.5 Å². The summed E-state index contributed by atoms with van der Waals surface area (Å²) < 4.78 is 29.2. The number of sulfonamides is 1. The Morgan fingerprint density at radius 2 is 2.19 bits per heavy atom. The quantitative estimate of drug-likeness (QED) is 0.862. The predicted molar refractivity (Wildman–Crippen MR) is 82.5 cm³/mol. The number of hydrogen-bond acceptors (Lipinski definition) is 4. The van der Waals surface area contributed by atoms with E-state index < -0.39 is 10.0 Å². The van der Waals surface area contributed by atoms with Crippen molar-refractivity contribution in [2.75, 3.05) is 13.1 Å². The minimum absolute atomic E-state index is 0.0189. The van der Waals surface area contributed by atoms with Gasteiger partial charge in [0.1, 0.15) is 5.82 Å². The van der Waals surface area contributed by atoms with Crippen molar-refractivity contribution in [1.29, 1.82) is 0 Å². The first-order valence-electron chi connectivity index (χ1n) is 7.76. The third-order valence-corrected chi connectivity index (χ3v) is 5.89. The van der Waals surface area contributed by atoms with Gasteiger partial charge in [-0.15, -0.1) is 0 Å². The molecule has 2 rings (SSSR count). The van der Waals surface area contributed by atoms with E-state index in [9.17, 15) is 8.42 Å². The Labute approximate surface area is 127 Å². The maximum Gasteiger partial charge on any atom is 0.262 e. The Balaban J connectivity index is 2.29. The van der Waals surface area contributed by atoms with Gasteiger partial charge in [0.05, 0.1) is 0 Å². The van der Waals surface area contributed by atoms with Gasteiger partial charge in [-0.3, -0.25) is 0 Å². The molecule has 120 valence electrons. The summed E-state index contributed by atoms with van der Waals surface area (Å²) in [6.45, 7) is 5.80. The number of rotatable bonds is 6. The Bertz CT molecular complexity index is 566.